The smallest absolute Gasteiger partial charge is 0.271 e. The van der Waals surface area contributed by atoms with E-state index in [4.69, 9.17) is 0 Å². The van der Waals surface area contributed by atoms with Gasteiger partial charge in [0.25, 0.3) is 11.6 Å². The number of β-amino-alcohol motifs (C(OH)–C–C–N with tert-alkyl or cyclic N) is 1. The third kappa shape index (κ3) is 2.35. The van der Waals surface area contributed by atoms with Crippen molar-refractivity contribution in [3.05, 3.63) is 65.2 Å². The van der Waals surface area contributed by atoms with Crippen LogP contribution in [0.5, 0.6) is 0 Å². The van der Waals surface area contributed by atoms with Gasteiger partial charge in [-0.05, 0) is 43.9 Å². The molecule has 2 heterocycles. The van der Waals surface area contributed by atoms with Crippen LogP contribution < -0.4 is 4.90 Å². The Morgan fingerprint density at radius 1 is 1.04 bits per heavy atom. The number of rotatable bonds is 2. The van der Waals surface area contributed by atoms with Crippen LogP contribution in [-0.4, -0.2) is 28.6 Å². The summed E-state index contributed by atoms with van der Waals surface area (Å²) in [6.07, 6.45) is 3.36. The lowest BCUT2D eigenvalue weighted by atomic mass is 10.0. The number of amidine groups is 1. The molecule has 3 heteroatoms. The number of aliphatic hydroxyl groups is 1. The Hall–Kier alpha value is -2.13. The molecule has 4 rings (SSSR count). The Morgan fingerprint density at radius 3 is 2.62 bits per heavy atom. The fraction of sp³-hybridized carbons (Fsp3) is 0.381. The fourth-order valence-corrected chi connectivity index (χ4v) is 4.08. The highest BCUT2D eigenvalue weighted by Gasteiger charge is 2.52. The van der Waals surface area contributed by atoms with Crippen molar-refractivity contribution in [2.24, 2.45) is 0 Å². The summed E-state index contributed by atoms with van der Waals surface area (Å²) in [7, 11) is 0. The second kappa shape index (κ2) is 5.75. The van der Waals surface area contributed by atoms with E-state index in [-0.39, 0.29) is 0 Å². The van der Waals surface area contributed by atoms with Gasteiger partial charge in [-0.25, -0.2) is 9.48 Å². The van der Waals surface area contributed by atoms with Crippen LogP contribution in [0.1, 0.15) is 36.0 Å². The van der Waals surface area contributed by atoms with E-state index in [1.165, 1.54) is 29.1 Å². The van der Waals surface area contributed by atoms with Crippen molar-refractivity contribution >= 4 is 11.5 Å². The summed E-state index contributed by atoms with van der Waals surface area (Å²) >= 11 is 0. The lowest BCUT2D eigenvalue weighted by Crippen LogP contribution is -2.41. The van der Waals surface area contributed by atoms with Gasteiger partial charge in [0.05, 0.1) is 6.54 Å². The molecule has 2 aromatic carbocycles. The van der Waals surface area contributed by atoms with Crippen LogP contribution in [0.3, 0.4) is 0 Å². The molecule has 24 heavy (non-hydrogen) atoms. The molecule has 0 radical (unpaired) electrons. The van der Waals surface area contributed by atoms with E-state index in [9.17, 15) is 5.11 Å². The van der Waals surface area contributed by atoms with Crippen molar-refractivity contribution in [1.82, 2.24) is 0 Å². The van der Waals surface area contributed by atoms with Crippen LogP contribution in [0, 0.1) is 13.8 Å². The van der Waals surface area contributed by atoms with Gasteiger partial charge < -0.3 is 5.11 Å². The molecule has 2 aromatic rings. The Kier molecular flexibility index (Phi) is 3.69. The Labute approximate surface area is 143 Å². The van der Waals surface area contributed by atoms with Crippen molar-refractivity contribution in [1.29, 1.82) is 0 Å². The first kappa shape index (κ1) is 15.4. The van der Waals surface area contributed by atoms with E-state index in [1.807, 2.05) is 30.3 Å². The van der Waals surface area contributed by atoms with Gasteiger partial charge >= 0.3 is 0 Å². The van der Waals surface area contributed by atoms with E-state index in [0.29, 0.717) is 6.54 Å². The maximum atomic E-state index is 11.6. The SMILES string of the molecule is Cc1ccc(C)c(N2CC(O)(c3ccccc3)[N+]3=C2CCCC3)c1. The highest BCUT2D eigenvalue weighted by molar-refractivity contribution is 5.96. The van der Waals surface area contributed by atoms with Crippen LogP contribution in [0.25, 0.3) is 0 Å². The standard InChI is InChI=1S/C21H25N2O/c1-16-11-12-17(2)19(14-16)22-15-21(24,18-8-4-3-5-9-18)23-13-7-6-10-20(22)23/h3-5,8-9,11-12,14,24H,6-7,10,13,15H2,1-2H3/q+1. The molecule has 1 atom stereocenters. The second-order valence-electron chi connectivity index (χ2n) is 7.08. The topological polar surface area (TPSA) is 26.5 Å². The number of nitrogens with zero attached hydrogens (tertiary/aromatic N) is 2. The third-order valence-electron chi connectivity index (χ3n) is 5.37. The average molecular weight is 321 g/mol. The minimum absolute atomic E-state index is 0.594. The van der Waals surface area contributed by atoms with Gasteiger partial charge in [0, 0.05) is 12.0 Å². The van der Waals surface area contributed by atoms with Gasteiger partial charge in [-0.15, -0.1) is 0 Å². The zero-order valence-corrected chi connectivity index (χ0v) is 14.5. The number of anilines is 1. The number of hydrogen-bond acceptors (Lipinski definition) is 2. The van der Waals surface area contributed by atoms with Gasteiger partial charge in [-0.3, -0.25) is 0 Å². The van der Waals surface area contributed by atoms with Gasteiger partial charge in [-0.2, -0.15) is 0 Å². The molecule has 0 bridgehead atoms. The number of benzene rings is 2. The maximum Gasteiger partial charge on any atom is 0.271 e. The Bertz CT molecular complexity index is 797. The first-order chi connectivity index (χ1) is 11.6. The lowest BCUT2D eigenvalue weighted by Gasteiger charge is -2.24. The van der Waals surface area contributed by atoms with Crippen molar-refractivity contribution in [3.63, 3.8) is 0 Å². The largest absolute Gasteiger partial charge is 0.346 e. The van der Waals surface area contributed by atoms with E-state index in [2.05, 4.69) is 41.5 Å². The minimum Gasteiger partial charge on any atom is -0.346 e. The van der Waals surface area contributed by atoms with E-state index in [1.54, 1.807) is 0 Å². The van der Waals surface area contributed by atoms with Crippen LogP contribution in [0.15, 0.2) is 48.5 Å². The fourth-order valence-electron chi connectivity index (χ4n) is 4.08. The first-order valence-corrected chi connectivity index (χ1v) is 8.86. The summed E-state index contributed by atoms with van der Waals surface area (Å²) in [6, 6.07) is 16.7. The summed E-state index contributed by atoms with van der Waals surface area (Å²) < 4.78 is 2.23. The zero-order valence-electron chi connectivity index (χ0n) is 14.5. The summed E-state index contributed by atoms with van der Waals surface area (Å²) in [5, 5.41) is 11.6. The molecule has 0 amide bonds. The number of hydrogen-bond donors (Lipinski definition) is 1. The molecule has 0 saturated heterocycles. The Balaban J connectivity index is 1.84. The molecule has 1 unspecified atom stereocenters. The summed E-state index contributed by atoms with van der Waals surface area (Å²) in [5.41, 5.74) is 3.79. The number of aryl methyl sites for hydroxylation is 2. The van der Waals surface area contributed by atoms with Crippen molar-refractivity contribution in [3.8, 4) is 0 Å². The van der Waals surface area contributed by atoms with Crippen LogP contribution in [-0.2, 0) is 5.72 Å². The average Bonchev–Trinajstić information content (AvgIpc) is 2.92. The molecule has 2 aliphatic heterocycles. The summed E-state index contributed by atoms with van der Waals surface area (Å²) in [6.45, 7) is 5.80. The molecule has 0 spiro atoms. The molecule has 0 fully saturated rings. The molecule has 2 aliphatic rings. The predicted molar refractivity (Wildman–Crippen MR) is 97.6 cm³/mol. The van der Waals surface area contributed by atoms with Crippen molar-refractivity contribution in [2.45, 2.75) is 38.8 Å². The van der Waals surface area contributed by atoms with E-state index < -0.39 is 5.72 Å². The summed E-state index contributed by atoms with van der Waals surface area (Å²) in [4.78, 5) is 2.34. The highest BCUT2D eigenvalue weighted by atomic mass is 16.3. The predicted octanol–water partition coefficient (Wildman–Crippen LogP) is 3.56. The van der Waals surface area contributed by atoms with Crippen molar-refractivity contribution < 1.29 is 9.68 Å². The molecular weight excluding hydrogens is 296 g/mol. The molecule has 3 nitrogen and oxygen atoms in total. The zero-order chi connectivity index (χ0) is 16.7. The van der Waals surface area contributed by atoms with Crippen LogP contribution in [0.2, 0.25) is 0 Å². The van der Waals surface area contributed by atoms with Crippen LogP contribution >= 0.6 is 0 Å². The quantitative estimate of drug-likeness (QED) is 0.856. The molecule has 124 valence electrons. The molecule has 1 N–H and O–H groups in total. The second-order valence-corrected chi connectivity index (χ2v) is 7.08. The van der Waals surface area contributed by atoms with Gasteiger partial charge in [0.2, 0.25) is 0 Å². The van der Waals surface area contributed by atoms with E-state index in [0.717, 1.165) is 24.9 Å². The summed E-state index contributed by atoms with van der Waals surface area (Å²) in [5.74, 6) is 1.27. The highest BCUT2D eigenvalue weighted by Crippen LogP contribution is 2.36. The molecule has 0 aliphatic carbocycles. The van der Waals surface area contributed by atoms with Gasteiger partial charge in [0.15, 0.2) is 6.54 Å². The van der Waals surface area contributed by atoms with E-state index >= 15 is 0 Å². The third-order valence-corrected chi connectivity index (χ3v) is 5.37. The Morgan fingerprint density at radius 2 is 1.83 bits per heavy atom. The normalized spacial score (nSPS) is 23.5. The monoisotopic (exact) mass is 321 g/mol. The minimum atomic E-state index is -0.937. The maximum absolute atomic E-state index is 11.6. The first-order valence-electron chi connectivity index (χ1n) is 8.86. The molecular formula is C21H25N2O+. The van der Waals surface area contributed by atoms with Crippen LogP contribution in [0.4, 0.5) is 5.69 Å². The lowest BCUT2D eigenvalue weighted by molar-refractivity contribution is -0.661. The van der Waals surface area contributed by atoms with Gasteiger partial charge in [0.1, 0.15) is 5.69 Å². The van der Waals surface area contributed by atoms with Crippen molar-refractivity contribution in [2.75, 3.05) is 18.0 Å². The van der Waals surface area contributed by atoms with Gasteiger partial charge in [-0.1, -0.05) is 42.5 Å². The molecule has 0 aromatic heterocycles. The molecule has 0 saturated carbocycles.